The Hall–Kier alpha value is -2.60. The van der Waals surface area contributed by atoms with Crippen molar-refractivity contribution in [3.8, 4) is 0 Å². The highest BCUT2D eigenvalue weighted by molar-refractivity contribution is 6.01. The van der Waals surface area contributed by atoms with E-state index in [1.165, 1.54) is 13.2 Å². The number of Topliss-reactive ketones (excluding diaryl/α,β-unsaturated/α-hetero) is 1. The predicted molar refractivity (Wildman–Crippen MR) is 135 cm³/mol. The van der Waals surface area contributed by atoms with Gasteiger partial charge in [-0.3, -0.25) is 9.59 Å². The van der Waals surface area contributed by atoms with Crippen molar-refractivity contribution in [1.82, 2.24) is 0 Å². The second kappa shape index (κ2) is 11.2. The van der Waals surface area contributed by atoms with Crippen LogP contribution in [0.25, 0.3) is 0 Å². The number of ketones is 2. The van der Waals surface area contributed by atoms with Crippen molar-refractivity contribution < 1.29 is 55.7 Å². The smallest absolute Gasteiger partial charge is 0.456 e. The highest BCUT2D eigenvalue weighted by atomic mass is 19.4. The highest BCUT2D eigenvalue weighted by Crippen LogP contribution is 2.68. The highest BCUT2D eigenvalue weighted by Gasteiger charge is 2.67. The maximum atomic E-state index is 17.0. The molecule has 0 aromatic heterocycles. The molecule has 8 nitrogen and oxygen atoms in total. The minimum Gasteiger partial charge on any atom is -0.456 e. The fourth-order valence-corrected chi connectivity index (χ4v) is 7.78. The van der Waals surface area contributed by atoms with Crippen LogP contribution in [-0.4, -0.2) is 68.1 Å². The van der Waals surface area contributed by atoms with Crippen molar-refractivity contribution >= 4 is 23.5 Å². The maximum Gasteiger partial charge on any atom is 0.490 e. The minimum atomic E-state index is -5.27. The van der Waals surface area contributed by atoms with Gasteiger partial charge in [0, 0.05) is 18.4 Å². The molecule has 3 saturated carbocycles. The number of ether oxygens (including phenoxy) is 4. The molecule has 12 heteroatoms. The van der Waals surface area contributed by atoms with Gasteiger partial charge in [0.25, 0.3) is 0 Å². The monoisotopic (exact) mass is 588 g/mol. The quantitative estimate of drug-likeness (QED) is 0.219. The molecule has 0 saturated heterocycles. The lowest BCUT2D eigenvalue weighted by molar-refractivity contribution is -0.215. The van der Waals surface area contributed by atoms with Crippen LogP contribution < -0.4 is 0 Å². The van der Waals surface area contributed by atoms with E-state index in [2.05, 4.69) is 4.74 Å². The van der Waals surface area contributed by atoms with Crippen LogP contribution in [-0.2, 0) is 38.1 Å². The van der Waals surface area contributed by atoms with Crippen molar-refractivity contribution in [2.45, 2.75) is 83.3 Å². The molecular formula is C29H36F4O8. The molecule has 228 valence electrons. The molecule has 4 aliphatic carbocycles. The minimum absolute atomic E-state index is 0.0881. The SMILES string of the molecule is COCOC(C(=O)OCC(=O)[C@H]1CC[C@H]2[C@@H]3CCC4=CC(=O)C=C[C@]4(C)[C@@]3(F)CC[C@]12C)C(C)OC(=O)C(F)(F)F. The van der Waals surface area contributed by atoms with Crippen molar-refractivity contribution in [1.29, 1.82) is 0 Å². The molecule has 0 heterocycles. The van der Waals surface area contributed by atoms with E-state index in [1.54, 1.807) is 12.2 Å². The van der Waals surface area contributed by atoms with E-state index in [-0.39, 0.29) is 29.8 Å². The summed E-state index contributed by atoms with van der Waals surface area (Å²) in [7, 11) is 1.22. The summed E-state index contributed by atoms with van der Waals surface area (Å²) in [6.45, 7) is 3.70. The average Bonchev–Trinajstić information content (AvgIpc) is 3.25. The van der Waals surface area contributed by atoms with E-state index < -0.39 is 66.1 Å². The Balaban J connectivity index is 1.43. The molecule has 4 aliphatic rings. The molecule has 0 radical (unpaired) electrons. The summed E-state index contributed by atoms with van der Waals surface area (Å²) in [6, 6.07) is 0. The summed E-state index contributed by atoms with van der Waals surface area (Å²) < 4.78 is 74.1. The number of allylic oxidation sites excluding steroid dienone is 4. The Labute approximate surface area is 235 Å². The third-order valence-electron chi connectivity index (χ3n) is 9.96. The fraction of sp³-hybridized carbons (Fsp3) is 0.724. The fourth-order valence-electron chi connectivity index (χ4n) is 7.78. The lowest BCUT2D eigenvalue weighted by Gasteiger charge is -2.60. The van der Waals surface area contributed by atoms with Gasteiger partial charge in [0.15, 0.2) is 17.7 Å². The number of rotatable bonds is 9. The number of carbonyl (C=O) groups excluding carboxylic acids is 4. The zero-order chi connectivity index (χ0) is 30.4. The summed E-state index contributed by atoms with van der Waals surface area (Å²) in [5.74, 6) is -5.08. The van der Waals surface area contributed by atoms with Crippen molar-refractivity contribution in [2.24, 2.45) is 28.6 Å². The van der Waals surface area contributed by atoms with Gasteiger partial charge in [-0.25, -0.2) is 14.0 Å². The third kappa shape index (κ3) is 5.49. The van der Waals surface area contributed by atoms with Crippen LogP contribution in [0.5, 0.6) is 0 Å². The van der Waals surface area contributed by atoms with E-state index in [9.17, 15) is 32.3 Å². The Morgan fingerprint density at radius 3 is 2.46 bits per heavy atom. The second-order valence-electron chi connectivity index (χ2n) is 12.0. The molecule has 0 N–H and O–H groups in total. The van der Waals surface area contributed by atoms with Crippen LogP contribution in [0.4, 0.5) is 17.6 Å². The Morgan fingerprint density at radius 1 is 1.10 bits per heavy atom. The molecule has 8 atom stereocenters. The van der Waals surface area contributed by atoms with Crippen LogP contribution in [0.1, 0.15) is 59.3 Å². The normalized spacial score (nSPS) is 35.9. The molecule has 0 aromatic rings. The average molecular weight is 589 g/mol. The van der Waals surface area contributed by atoms with Gasteiger partial charge in [0.1, 0.15) is 25.2 Å². The van der Waals surface area contributed by atoms with E-state index in [4.69, 9.17) is 14.2 Å². The molecule has 0 spiro atoms. The number of halogens is 4. The van der Waals surface area contributed by atoms with Crippen LogP contribution >= 0.6 is 0 Å². The maximum absolute atomic E-state index is 17.0. The third-order valence-corrected chi connectivity index (χ3v) is 9.96. The number of hydrogen-bond donors (Lipinski definition) is 0. The first-order valence-electron chi connectivity index (χ1n) is 13.8. The van der Waals surface area contributed by atoms with Crippen LogP contribution in [0.15, 0.2) is 23.8 Å². The largest absolute Gasteiger partial charge is 0.490 e. The van der Waals surface area contributed by atoms with Gasteiger partial charge in [0.2, 0.25) is 0 Å². The molecule has 41 heavy (non-hydrogen) atoms. The lowest BCUT2D eigenvalue weighted by Crippen LogP contribution is -2.60. The van der Waals surface area contributed by atoms with Crippen LogP contribution in [0.2, 0.25) is 0 Å². The molecule has 0 bridgehead atoms. The van der Waals surface area contributed by atoms with Gasteiger partial charge < -0.3 is 18.9 Å². The van der Waals surface area contributed by atoms with Crippen LogP contribution in [0.3, 0.4) is 0 Å². The number of methoxy groups -OCH3 is 1. The first-order chi connectivity index (χ1) is 19.1. The molecule has 2 unspecified atom stereocenters. The van der Waals surface area contributed by atoms with E-state index >= 15 is 4.39 Å². The van der Waals surface area contributed by atoms with Crippen LogP contribution in [0, 0.1) is 28.6 Å². The first kappa shape index (κ1) is 31.3. The topological polar surface area (TPSA) is 105 Å². The van der Waals surface area contributed by atoms with E-state index in [1.807, 2.05) is 13.8 Å². The first-order valence-corrected chi connectivity index (χ1v) is 13.8. The molecule has 3 fully saturated rings. The molecular weight excluding hydrogens is 552 g/mol. The zero-order valence-electron chi connectivity index (χ0n) is 23.6. The zero-order valence-corrected chi connectivity index (χ0v) is 23.6. The summed E-state index contributed by atoms with van der Waals surface area (Å²) in [4.78, 5) is 49.3. The predicted octanol–water partition coefficient (Wildman–Crippen LogP) is 4.60. The van der Waals surface area contributed by atoms with E-state index in [0.29, 0.717) is 32.1 Å². The Morgan fingerprint density at radius 2 is 1.80 bits per heavy atom. The van der Waals surface area contributed by atoms with Gasteiger partial charge >= 0.3 is 18.1 Å². The summed E-state index contributed by atoms with van der Waals surface area (Å²) in [5.41, 5.74) is -2.16. The van der Waals surface area contributed by atoms with Gasteiger partial charge in [-0.1, -0.05) is 18.6 Å². The van der Waals surface area contributed by atoms with Gasteiger partial charge in [-0.15, -0.1) is 0 Å². The van der Waals surface area contributed by atoms with Crippen molar-refractivity contribution in [3.05, 3.63) is 23.8 Å². The molecule has 0 amide bonds. The number of hydrogen-bond acceptors (Lipinski definition) is 8. The van der Waals surface area contributed by atoms with E-state index in [0.717, 1.165) is 12.5 Å². The summed E-state index contributed by atoms with van der Waals surface area (Å²) in [5, 5.41) is 0. The molecule has 4 rings (SSSR count). The number of fused-ring (bicyclic) bond motifs is 5. The number of carbonyl (C=O) groups is 4. The van der Waals surface area contributed by atoms with Crippen molar-refractivity contribution in [2.75, 3.05) is 20.5 Å². The van der Waals surface area contributed by atoms with Gasteiger partial charge in [-0.2, -0.15) is 13.2 Å². The lowest BCUT2D eigenvalue weighted by atomic mass is 9.46. The number of esters is 2. The summed E-state index contributed by atoms with van der Waals surface area (Å²) in [6.07, 6.45) is -1.09. The molecule has 0 aliphatic heterocycles. The Bertz CT molecular complexity index is 1150. The second-order valence-corrected chi connectivity index (χ2v) is 12.0. The summed E-state index contributed by atoms with van der Waals surface area (Å²) >= 11 is 0. The standard InChI is InChI=1S/C29H36F4O8/c1-16(41-25(37)29(31,32)33)23(40-15-38-4)24(36)39-14-22(35)21-8-7-19-20-6-5-17-13-18(34)9-10-27(17,3)28(20,30)12-11-26(19,21)2/h9-10,13,16,19-21,23H,5-8,11-12,14-15H2,1-4H3/t16?,19-,20-,21+,23?,26-,27-,28+/m0/s1. The van der Waals surface area contributed by atoms with Gasteiger partial charge in [0.05, 0.1) is 0 Å². The number of alkyl halides is 4. The molecule has 0 aromatic carbocycles. The van der Waals surface area contributed by atoms with Gasteiger partial charge in [-0.05, 0) is 81.8 Å². The Kier molecular flexibility index (Phi) is 8.59. The van der Waals surface area contributed by atoms with Crippen molar-refractivity contribution in [3.63, 3.8) is 0 Å².